The van der Waals surface area contributed by atoms with Crippen LogP contribution >= 0.6 is 11.8 Å². The van der Waals surface area contributed by atoms with Gasteiger partial charge >= 0.3 is 0 Å². The normalized spacial score (nSPS) is 23.9. The van der Waals surface area contributed by atoms with Crippen molar-refractivity contribution in [3.05, 3.63) is 0 Å². The zero-order valence-electron chi connectivity index (χ0n) is 10.8. The Morgan fingerprint density at radius 3 is 2.75 bits per heavy atom. The van der Waals surface area contributed by atoms with Gasteiger partial charge in [0.2, 0.25) is 5.91 Å². The molecule has 4 heteroatoms. The Hall–Kier alpha value is -0.220. The lowest BCUT2D eigenvalue weighted by atomic mass is 9.88. The van der Waals surface area contributed by atoms with Crippen molar-refractivity contribution in [2.45, 2.75) is 46.2 Å². The van der Waals surface area contributed by atoms with Crippen LogP contribution in [0.3, 0.4) is 0 Å². The molecule has 0 aromatic carbocycles. The SMILES string of the molecule is CC(NC(=O)CC1CSCCN1)C(C)(C)C. The molecule has 3 nitrogen and oxygen atoms in total. The molecule has 1 saturated heterocycles. The van der Waals surface area contributed by atoms with E-state index in [1.165, 1.54) is 0 Å². The van der Waals surface area contributed by atoms with Crippen molar-refractivity contribution in [3.8, 4) is 0 Å². The number of rotatable bonds is 3. The number of amides is 1. The molecule has 1 fully saturated rings. The molecule has 0 aliphatic carbocycles. The molecule has 1 heterocycles. The van der Waals surface area contributed by atoms with Gasteiger partial charge in [-0.15, -0.1) is 0 Å². The zero-order chi connectivity index (χ0) is 12.2. The van der Waals surface area contributed by atoms with Crippen molar-refractivity contribution < 1.29 is 4.79 Å². The Morgan fingerprint density at radius 1 is 1.56 bits per heavy atom. The average Bonchev–Trinajstić information content (AvgIpc) is 2.17. The third-order valence-corrected chi connectivity index (χ3v) is 4.24. The highest BCUT2D eigenvalue weighted by Gasteiger charge is 2.23. The molecule has 2 N–H and O–H groups in total. The smallest absolute Gasteiger partial charge is 0.221 e. The van der Waals surface area contributed by atoms with Crippen LogP contribution in [0.1, 0.15) is 34.1 Å². The predicted molar refractivity (Wildman–Crippen MR) is 70.8 cm³/mol. The van der Waals surface area contributed by atoms with Gasteiger partial charge in [-0.05, 0) is 12.3 Å². The van der Waals surface area contributed by atoms with Crippen LogP contribution in [-0.2, 0) is 4.79 Å². The van der Waals surface area contributed by atoms with Crippen LogP contribution in [0.2, 0.25) is 0 Å². The van der Waals surface area contributed by atoms with Gasteiger partial charge in [0, 0.05) is 36.6 Å². The number of hydrogen-bond donors (Lipinski definition) is 2. The average molecular weight is 244 g/mol. The van der Waals surface area contributed by atoms with Gasteiger partial charge in [0.05, 0.1) is 0 Å². The van der Waals surface area contributed by atoms with E-state index < -0.39 is 0 Å². The number of carbonyl (C=O) groups excluding carboxylic acids is 1. The van der Waals surface area contributed by atoms with E-state index in [0.717, 1.165) is 18.1 Å². The molecule has 1 rings (SSSR count). The summed E-state index contributed by atoms with van der Waals surface area (Å²) in [5.74, 6) is 2.39. The first kappa shape index (κ1) is 13.8. The van der Waals surface area contributed by atoms with Gasteiger partial charge in [0.15, 0.2) is 0 Å². The maximum Gasteiger partial charge on any atom is 0.221 e. The summed E-state index contributed by atoms with van der Waals surface area (Å²) in [6.45, 7) is 9.53. The number of nitrogens with one attached hydrogen (secondary N) is 2. The molecular weight excluding hydrogens is 220 g/mol. The molecule has 0 radical (unpaired) electrons. The molecule has 0 spiro atoms. The van der Waals surface area contributed by atoms with E-state index in [0.29, 0.717) is 12.5 Å². The lowest BCUT2D eigenvalue weighted by Gasteiger charge is -2.29. The fraction of sp³-hybridized carbons (Fsp3) is 0.917. The molecule has 94 valence electrons. The number of hydrogen-bond acceptors (Lipinski definition) is 3. The maximum absolute atomic E-state index is 11.8. The van der Waals surface area contributed by atoms with Crippen LogP contribution in [0.15, 0.2) is 0 Å². The van der Waals surface area contributed by atoms with Gasteiger partial charge < -0.3 is 10.6 Å². The van der Waals surface area contributed by atoms with Crippen LogP contribution < -0.4 is 10.6 Å². The van der Waals surface area contributed by atoms with Crippen LogP contribution in [-0.4, -0.2) is 36.0 Å². The van der Waals surface area contributed by atoms with Gasteiger partial charge in [-0.25, -0.2) is 0 Å². The van der Waals surface area contributed by atoms with Crippen LogP contribution in [0, 0.1) is 5.41 Å². The highest BCUT2D eigenvalue weighted by atomic mass is 32.2. The van der Waals surface area contributed by atoms with Crippen molar-refractivity contribution in [2.75, 3.05) is 18.1 Å². The highest BCUT2D eigenvalue weighted by molar-refractivity contribution is 7.99. The van der Waals surface area contributed by atoms with E-state index in [1.807, 2.05) is 11.8 Å². The minimum absolute atomic E-state index is 0.129. The Bertz CT molecular complexity index is 232. The van der Waals surface area contributed by atoms with Crippen molar-refractivity contribution >= 4 is 17.7 Å². The van der Waals surface area contributed by atoms with Gasteiger partial charge in [0.25, 0.3) is 0 Å². The molecule has 0 bridgehead atoms. The molecule has 1 aliphatic heterocycles. The monoisotopic (exact) mass is 244 g/mol. The van der Waals surface area contributed by atoms with E-state index in [4.69, 9.17) is 0 Å². The first-order chi connectivity index (χ1) is 7.39. The van der Waals surface area contributed by atoms with E-state index in [2.05, 4.69) is 38.3 Å². The summed E-state index contributed by atoms with van der Waals surface area (Å²) in [5.41, 5.74) is 0.129. The lowest BCUT2D eigenvalue weighted by Crippen LogP contribution is -2.46. The minimum Gasteiger partial charge on any atom is -0.353 e. The molecule has 2 unspecified atom stereocenters. The van der Waals surface area contributed by atoms with Gasteiger partial charge in [-0.2, -0.15) is 11.8 Å². The summed E-state index contributed by atoms with van der Waals surface area (Å²) in [7, 11) is 0. The van der Waals surface area contributed by atoms with E-state index in [9.17, 15) is 4.79 Å². The summed E-state index contributed by atoms with van der Waals surface area (Å²) in [6.07, 6.45) is 0.605. The first-order valence-corrected chi connectivity index (χ1v) is 7.15. The second-order valence-corrected chi connectivity index (χ2v) is 6.74. The minimum atomic E-state index is 0.129. The largest absolute Gasteiger partial charge is 0.353 e. The number of thioether (sulfide) groups is 1. The standard InChI is InChI=1S/C12H24N2OS/c1-9(12(2,3)4)14-11(15)7-10-8-16-6-5-13-10/h9-10,13H,5-8H2,1-4H3,(H,14,15). The topological polar surface area (TPSA) is 41.1 Å². The molecule has 2 atom stereocenters. The van der Waals surface area contributed by atoms with Crippen molar-refractivity contribution in [3.63, 3.8) is 0 Å². The second kappa shape index (κ2) is 5.92. The third kappa shape index (κ3) is 4.74. The Labute approximate surface area is 103 Å². The maximum atomic E-state index is 11.8. The van der Waals surface area contributed by atoms with Crippen LogP contribution in [0.5, 0.6) is 0 Å². The molecule has 1 amide bonds. The van der Waals surface area contributed by atoms with Crippen molar-refractivity contribution in [1.29, 1.82) is 0 Å². The van der Waals surface area contributed by atoms with E-state index in [1.54, 1.807) is 0 Å². The highest BCUT2D eigenvalue weighted by Crippen LogP contribution is 2.18. The Morgan fingerprint density at radius 2 is 2.25 bits per heavy atom. The van der Waals surface area contributed by atoms with E-state index >= 15 is 0 Å². The zero-order valence-corrected chi connectivity index (χ0v) is 11.6. The Balaban J connectivity index is 2.29. The second-order valence-electron chi connectivity index (χ2n) is 5.59. The van der Waals surface area contributed by atoms with Crippen molar-refractivity contribution in [1.82, 2.24) is 10.6 Å². The molecule has 0 aromatic rings. The van der Waals surface area contributed by atoms with Gasteiger partial charge in [0.1, 0.15) is 0 Å². The summed E-state index contributed by atoms with van der Waals surface area (Å²) < 4.78 is 0. The predicted octanol–water partition coefficient (Wildman–Crippen LogP) is 1.63. The third-order valence-electron chi connectivity index (χ3n) is 3.11. The lowest BCUT2D eigenvalue weighted by molar-refractivity contribution is -0.122. The summed E-state index contributed by atoms with van der Waals surface area (Å²) in [5, 5.41) is 6.46. The summed E-state index contributed by atoms with van der Waals surface area (Å²) >= 11 is 1.93. The molecule has 0 aromatic heterocycles. The summed E-state index contributed by atoms with van der Waals surface area (Å²) in [6, 6.07) is 0.571. The summed E-state index contributed by atoms with van der Waals surface area (Å²) in [4.78, 5) is 11.8. The fourth-order valence-corrected chi connectivity index (χ4v) is 2.44. The molecule has 0 saturated carbocycles. The van der Waals surface area contributed by atoms with Crippen LogP contribution in [0.25, 0.3) is 0 Å². The van der Waals surface area contributed by atoms with E-state index in [-0.39, 0.29) is 17.4 Å². The molecular formula is C12H24N2OS. The molecule has 16 heavy (non-hydrogen) atoms. The quantitative estimate of drug-likeness (QED) is 0.793. The van der Waals surface area contributed by atoms with Gasteiger partial charge in [-0.3, -0.25) is 4.79 Å². The Kier molecular flexibility index (Phi) is 5.12. The van der Waals surface area contributed by atoms with Crippen molar-refractivity contribution in [2.24, 2.45) is 5.41 Å². The fourth-order valence-electron chi connectivity index (χ4n) is 1.49. The van der Waals surface area contributed by atoms with Gasteiger partial charge in [-0.1, -0.05) is 20.8 Å². The first-order valence-electron chi connectivity index (χ1n) is 6.00. The molecule has 1 aliphatic rings. The number of carbonyl (C=O) groups is 1. The van der Waals surface area contributed by atoms with Crippen LogP contribution in [0.4, 0.5) is 0 Å².